The third-order valence-electron chi connectivity index (χ3n) is 11.2. The molecule has 0 aliphatic heterocycles. The van der Waals surface area contributed by atoms with Crippen LogP contribution in [-0.2, 0) is 0 Å². The summed E-state index contributed by atoms with van der Waals surface area (Å²) in [4.78, 5) is 0. The maximum Gasteiger partial charge on any atom is 0.0991 e. The minimum Gasteiger partial charge on any atom is -0.309 e. The minimum atomic E-state index is 0.623. The Balaban J connectivity index is 1.23. The number of nitriles is 1. The molecule has 0 saturated carbocycles. The molecule has 10 rings (SSSR count). The van der Waals surface area contributed by atoms with Gasteiger partial charge in [-0.05, 0) is 109 Å². The molecule has 0 fully saturated rings. The largest absolute Gasteiger partial charge is 0.309 e. The zero-order chi connectivity index (χ0) is 37.2. The van der Waals surface area contributed by atoms with Gasteiger partial charge in [-0.1, -0.05) is 120 Å². The van der Waals surface area contributed by atoms with Crippen molar-refractivity contribution in [3.63, 3.8) is 0 Å². The number of hydrogen-bond donors (Lipinski definition) is 0. The van der Waals surface area contributed by atoms with Crippen molar-refractivity contribution in [1.82, 2.24) is 9.13 Å². The average molecular weight is 704 g/mol. The minimum absolute atomic E-state index is 0.623. The summed E-state index contributed by atoms with van der Waals surface area (Å²) in [6.45, 7) is 6.40. The van der Waals surface area contributed by atoms with Crippen LogP contribution < -0.4 is 0 Å². The molecular formula is C52H37N3. The van der Waals surface area contributed by atoms with Gasteiger partial charge in [0.25, 0.3) is 0 Å². The van der Waals surface area contributed by atoms with Crippen LogP contribution in [0.4, 0.5) is 0 Å². The standard InChI is InChI=1S/C52H37N3/c1-33-12-18-37(19-13-33)39-22-26-50-45(30-39)41-8-4-6-10-47(41)54(50)49-25-17-36(32-53)29-44(49)43-24-16-35(3)28-52(43)55-48-11-7-5-9-42(48)46-31-40(23-27-51(46)55)38-20-14-34(2)15-21-38/h4-31H,1-3H3. The number of rotatable bonds is 5. The van der Waals surface area contributed by atoms with E-state index in [-0.39, 0.29) is 0 Å². The summed E-state index contributed by atoms with van der Waals surface area (Å²) in [6.07, 6.45) is 0. The van der Waals surface area contributed by atoms with Crippen LogP contribution in [0.5, 0.6) is 0 Å². The van der Waals surface area contributed by atoms with Crippen molar-refractivity contribution in [2.75, 3.05) is 0 Å². The van der Waals surface area contributed by atoms with E-state index in [1.165, 1.54) is 60.5 Å². The molecule has 3 heteroatoms. The monoisotopic (exact) mass is 703 g/mol. The number of para-hydroxylation sites is 2. The van der Waals surface area contributed by atoms with E-state index in [0.29, 0.717) is 5.56 Å². The van der Waals surface area contributed by atoms with Crippen molar-refractivity contribution in [3.05, 3.63) is 192 Å². The highest BCUT2D eigenvalue weighted by Crippen LogP contribution is 2.42. The Bertz CT molecular complexity index is 3170. The summed E-state index contributed by atoms with van der Waals surface area (Å²) in [6, 6.07) is 63.8. The van der Waals surface area contributed by atoms with E-state index in [0.717, 1.165) is 44.6 Å². The molecule has 0 aliphatic carbocycles. The van der Waals surface area contributed by atoms with E-state index in [1.54, 1.807) is 0 Å². The first-order chi connectivity index (χ1) is 26.9. The normalized spacial score (nSPS) is 11.5. The molecule has 0 unspecified atom stereocenters. The number of fused-ring (bicyclic) bond motifs is 6. The van der Waals surface area contributed by atoms with Gasteiger partial charge in [0.1, 0.15) is 0 Å². The van der Waals surface area contributed by atoms with Gasteiger partial charge in [0.05, 0.1) is 45.1 Å². The molecule has 0 saturated heterocycles. The van der Waals surface area contributed by atoms with Crippen molar-refractivity contribution in [1.29, 1.82) is 5.26 Å². The quantitative estimate of drug-likeness (QED) is 0.176. The lowest BCUT2D eigenvalue weighted by atomic mass is 9.97. The molecule has 0 bridgehead atoms. The molecule has 0 aliphatic rings. The molecule has 0 radical (unpaired) electrons. The van der Waals surface area contributed by atoms with Crippen molar-refractivity contribution in [2.24, 2.45) is 0 Å². The average Bonchev–Trinajstić information content (AvgIpc) is 3.73. The first-order valence-electron chi connectivity index (χ1n) is 18.8. The van der Waals surface area contributed by atoms with Crippen LogP contribution in [0.25, 0.3) is 88.4 Å². The molecule has 2 aromatic heterocycles. The number of benzene rings is 8. The van der Waals surface area contributed by atoms with Crippen molar-refractivity contribution in [3.8, 4) is 50.8 Å². The van der Waals surface area contributed by atoms with E-state index in [1.807, 2.05) is 6.07 Å². The molecule has 2 heterocycles. The maximum atomic E-state index is 10.3. The predicted octanol–water partition coefficient (Wildman–Crippen LogP) is 13.7. The zero-order valence-electron chi connectivity index (χ0n) is 31.0. The van der Waals surface area contributed by atoms with Gasteiger partial charge in [-0.25, -0.2) is 0 Å². The highest BCUT2D eigenvalue weighted by Gasteiger charge is 2.21. The zero-order valence-corrected chi connectivity index (χ0v) is 31.0. The Morgan fingerprint density at radius 1 is 0.364 bits per heavy atom. The topological polar surface area (TPSA) is 33.6 Å². The van der Waals surface area contributed by atoms with Gasteiger partial charge in [0.2, 0.25) is 0 Å². The third kappa shape index (κ3) is 5.34. The van der Waals surface area contributed by atoms with E-state index < -0.39 is 0 Å². The summed E-state index contributed by atoms with van der Waals surface area (Å²) < 4.78 is 4.79. The highest BCUT2D eigenvalue weighted by molar-refractivity contribution is 6.12. The molecule has 0 N–H and O–H groups in total. The lowest BCUT2D eigenvalue weighted by Crippen LogP contribution is -2.02. The van der Waals surface area contributed by atoms with Crippen LogP contribution in [0.1, 0.15) is 22.3 Å². The van der Waals surface area contributed by atoms with Gasteiger partial charge in [-0.15, -0.1) is 0 Å². The lowest BCUT2D eigenvalue weighted by molar-refractivity contribution is 1.15. The van der Waals surface area contributed by atoms with E-state index in [2.05, 4.69) is 200 Å². The fraction of sp³-hybridized carbons (Fsp3) is 0.0577. The van der Waals surface area contributed by atoms with Crippen molar-refractivity contribution < 1.29 is 0 Å². The number of hydrogen-bond acceptors (Lipinski definition) is 1. The first kappa shape index (κ1) is 32.5. The number of aromatic nitrogens is 2. The molecule has 0 atom stereocenters. The van der Waals surface area contributed by atoms with Crippen molar-refractivity contribution in [2.45, 2.75) is 20.8 Å². The van der Waals surface area contributed by atoms with Gasteiger partial charge >= 0.3 is 0 Å². The molecule has 3 nitrogen and oxygen atoms in total. The number of aryl methyl sites for hydroxylation is 3. The van der Waals surface area contributed by atoms with Gasteiger partial charge in [0, 0.05) is 32.7 Å². The second-order valence-corrected chi connectivity index (χ2v) is 14.8. The smallest absolute Gasteiger partial charge is 0.0991 e. The summed E-state index contributed by atoms with van der Waals surface area (Å²) in [5, 5.41) is 15.1. The molecule has 10 aromatic rings. The molecule has 0 amide bonds. The predicted molar refractivity (Wildman–Crippen MR) is 230 cm³/mol. The molecular weight excluding hydrogens is 667 g/mol. The Kier molecular flexibility index (Phi) is 7.54. The van der Waals surface area contributed by atoms with Crippen LogP contribution in [0.15, 0.2) is 170 Å². The van der Waals surface area contributed by atoms with E-state index in [9.17, 15) is 5.26 Å². The first-order valence-corrected chi connectivity index (χ1v) is 18.8. The molecule has 260 valence electrons. The number of nitrogens with zero attached hydrogens (tertiary/aromatic N) is 3. The second kappa shape index (κ2) is 12.8. The van der Waals surface area contributed by atoms with E-state index >= 15 is 0 Å². The van der Waals surface area contributed by atoms with Crippen LogP contribution in [0.3, 0.4) is 0 Å². The second-order valence-electron chi connectivity index (χ2n) is 14.8. The Morgan fingerprint density at radius 3 is 1.38 bits per heavy atom. The fourth-order valence-corrected chi connectivity index (χ4v) is 8.39. The highest BCUT2D eigenvalue weighted by atomic mass is 15.0. The van der Waals surface area contributed by atoms with Gasteiger partial charge in [-0.2, -0.15) is 5.26 Å². The van der Waals surface area contributed by atoms with Gasteiger partial charge in [-0.3, -0.25) is 0 Å². The van der Waals surface area contributed by atoms with Gasteiger partial charge in [0.15, 0.2) is 0 Å². The molecule has 8 aromatic carbocycles. The summed E-state index contributed by atoms with van der Waals surface area (Å²) >= 11 is 0. The Labute approximate surface area is 320 Å². The molecule has 55 heavy (non-hydrogen) atoms. The third-order valence-corrected chi connectivity index (χ3v) is 11.2. The summed E-state index contributed by atoms with van der Waals surface area (Å²) in [5.41, 5.74) is 17.8. The summed E-state index contributed by atoms with van der Waals surface area (Å²) in [7, 11) is 0. The Hall–Kier alpha value is -7.15. The van der Waals surface area contributed by atoms with E-state index in [4.69, 9.17) is 0 Å². The maximum absolute atomic E-state index is 10.3. The van der Waals surface area contributed by atoms with Crippen LogP contribution in [0, 0.1) is 32.1 Å². The fourth-order valence-electron chi connectivity index (χ4n) is 8.39. The summed E-state index contributed by atoms with van der Waals surface area (Å²) in [5.74, 6) is 0. The van der Waals surface area contributed by atoms with Crippen molar-refractivity contribution >= 4 is 43.6 Å². The molecule has 0 spiro atoms. The van der Waals surface area contributed by atoms with Crippen LogP contribution >= 0.6 is 0 Å². The van der Waals surface area contributed by atoms with Crippen LogP contribution in [0.2, 0.25) is 0 Å². The SMILES string of the molecule is Cc1ccc(-c2ccc3c(c2)c2ccccc2n3-c2ccc(C#N)cc2-c2ccc(C)cc2-n2c3ccccc3c3cc(-c4ccc(C)cc4)ccc32)cc1. The van der Waals surface area contributed by atoms with Crippen LogP contribution in [-0.4, -0.2) is 9.13 Å². The lowest BCUT2D eigenvalue weighted by Gasteiger charge is -2.19. The van der Waals surface area contributed by atoms with Gasteiger partial charge < -0.3 is 9.13 Å². The Morgan fingerprint density at radius 2 is 0.836 bits per heavy atom.